The smallest absolute Gasteiger partial charge is 0.416 e. The Morgan fingerprint density at radius 1 is 1.04 bits per heavy atom. The van der Waals surface area contributed by atoms with Gasteiger partial charge in [0, 0.05) is 18.5 Å². The summed E-state index contributed by atoms with van der Waals surface area (Å²) in [6.45, 7) is 5.85. The van der Waals surface area contributed by atoms with Crippen LogP contribution in [-0.2, 0) is 21.9 Å². The lowest BCUT2D eigenvalue weighted by Crippen LogP contribution is -2.35. The number of benzene rings is 2. The Kier molecular flexibility index (Phi) is 9.69. The molecule has 1 unspecified atom stereocenters. The molecule has 0 aromatic heterocycles. The molecule has 0 bridgehead atoms. The molecule has 3 aliphatic rings. The van der Waals surface area contributed by atoms with E-state index in [1.165, 1.54) is 4.90 Å². The number of aliphatic carboxylic acids is 1. The molecule has 1 saturated heterocycles. The number of rotatable bonds is 8. The molecule has 1 heterocycles. The highest BCUT2D eigenvalue weighted by atomic mass is 19.4. The minimum absolute atomic E-state index is 0.0587. The van der Waals surface area contributed by atoms with Crippen molar-refractivity contribution in [3.8, 4) is 5.75 Å². The van der Waals surface area contributed by atoms with Crippen LogP contribution in [0.3, 0.4) is 0 Å². The first kappa shape index (κ1) is 35.3. The van der Waals surface area contributed by atoms with Gasteiger partial charge in [0.1, 0.15) is 11.9 Å². The fourth-order valence-electron chi connectivity index (χ4n) is 7.12. The number of carboxylic acids is 1. The average Bonchev–Trinajstić information content (AvgIpc) is 3.28. The van der Waals surface area contributed by atoms with Crippen molar-refractivity contribution in [2.75, 3.05) is 13.7 Å². The summed E-state index contributed by atoms with van der Waals surface area (Å²) in [5.41, 5.74) is 1.37. The molecule has 2 aliphatic carbocycles. The standard InChI is InChI=1S/C36H39F6NO5/c1-20-32(24-14-26(35(37,38)39)17-27(15-24)36(40,41)42)48-33(46)43(20)19-25-18-34(2,3)12-11-28(25)29-16-23(9-10-30(29)47-4)22-7-5-21(6-8-22)13-31(44)45/h7,9-10,14-17,20-21,32H,5-6,8,11-13,18-19H2,1-4H3,(H,44,45)/t20-,21?,32-/m0/s1. The molecule has 2 aromatic rings. The van der Waals surface area contributed by atoms with E-state index in [9.17, 15) is 41.0 Å². The Morgan fingerprint density at radius 3 is 2.27 bits per heavy atom. The molecule has 1 amide bonds. The Hall–Kier alpha value is -3.96. The molecule has 5 rings (SSSR count). The Balaban J connectivity index is 1.49. The minimum Gasteiger partial charge on any atom is -0.496 e. The first-order valence-electron chi connectivity index (χ1n) is 15.9. The number of cyclic esters (lactones) is 1. The first-order valence-corrected chi connectivity index (χ1v) is 15.9. The summed E-state index contributed by atoms with van der Waals surface area (Å²) in [6, 6.07) is 6.32. The maximum absolute atomic E-state index is 13.6. The van der Waals surface area contributed by atoms with Gasteiger partial charge in [-0.25, -0.2) is 4.79 Å². The van der Waals surface area contributed by atoms with E-state index < -0.39 is 47.7 Å². The number of hydrogen-bond acceptors (Lipinski definition) is 4. The Bertz CT molecular complexity index is 1610. The van der Waals surface area contributed by atoms with Crippen molar-refractivity contribution in [3.05, 3.63) is 75.9 Å². The van der Waals surface area contributed by atoms with Crippen LogP contribution in [0.5, 0.6) is 5.75 Å². The predicted octanol–water partition coefficient (Wildman–Crippen LogP) is 9.94. The Morgan fingerprint density at radius 2 is 1.71 bits per heavy atom. The number of allylic oxidation sites excluding steroid dienone is 3. The number of alkyl halides is 6. The maximum atomic E-state index is 13.6. The number of hydrogen-bond donors (Lipinski definition) is 1. The number of carbonyl (C=O) groups excluding carboxylic acids is 1. The molecular weight excluding hydrogens is 640 g/mol. The summed E-state index contributed by atoms with van der Waals surface area (Å²) in [7, 11) is 1.57. The number of ether oxygens (including phenoxy) is 2. The average molecular weight is 680 g/mol. The fraction of sp³-hybridized carbons (Fsp3) is 0.500. The first-order chi connectivity index (χ1) is 22.4. The molecule has 2 aromatic carbocycles. The van der Waals surface area contributed by atoms with Gasteiger partial charge in [0.2, 0.25) is 0 Å². The van der Waals surface area contributed by atoms with Crippen LogP contribution in [0.4, 0.5) is 31.1 Å². The zero-order valence-corrected chi connectivity index (χ0v) is 27.2. The van der Waals surface area contributed by atoms with Crippen molar-refractivity contribution in [3.63, 3.8) is 0 Å². The summed E-state index contributed by atoms with van der Waals surface area (Å²) in [6.07, 6.45) is -5.78. The van der Waals surface area contributed by atoms with Crippen LogP contribution in [0.1, 0.15) is 99.6 Å². The summed E-state index contributed by atoms with van der Waals surface area (Å²) in [4.78, 5) is 25.8. The molecule has 1 fully saturated rings. The van der Waals surface area contributed by atoms with E-state index in [0.29, 0.717) is 37.1 Å². The molecule has 1 aliphatic heterocycles. The molecule has 3 atom stereocenters. The van der Waals surface area contributed by atoms with Crippen molar-refractivity contribution in [1.82, 2.24) is 4.90 Å². The van der Waals surface area contributed by atoms with Crippen molar-refractivity contribution < 1.29 is 50.5 Å². The van der Waals surface area contributed by atoms with Gasteiger partial charge in [-0.05, 0) is 115 Å². The summed E-state index contributed by atoms with van der Waals surface area (Å²) in [5, 5.41) is 9.18. The van der Waals surface area contributed by atoms with Crippen LogP contribution in [0.25, 0.3) is 11.1 Å². The number of carbonyl (C=O) groups is 2. The van der Waals surface area contributed by atoms with Crippen molar-refractivity contribution >= 4 is 23.2 Å². The van der Waals surface area contributed by atoms with Crippen molar-refractivity contribution in [2.24, 2.45) is 11.3 Å². The molecule has 6 nitrogen and oxygen atoms in total. The van der Waals surface area contributed by atoms with Gasteiger partial charge < -0.3 is 14.6 Å². The number of halogens is 6. The van der Waals surface area contributed by atoms with E-state index in [4.69, 9.17) is 9.47 Å². The zero-order chi connectivity index (χ0) is 35.2. The van der Waals surface area contributed by atoms with E-state index in [1.54, 1.807) is 14.0 Å². The summed E-state index contributed by atoms with van der Waals surface area (Å²) < 4.78 is 92.9. The van der Waals surface area contributed by atoms with Gasteiger partial charge in [-0.1, -0.05) is 26.0 Å². The second-order valence-corrected chi connectivity index (χ2v) is 13.8. The topological polar surface area (TPSA) is 76.1 Å². The Labute approximate surface area is 275 Å². The highest BCUT2D eigenvalue weighted by Gasteiger charge is 2.44. The van der Waals surface area contributed by atoms with E-state index in [2.05, 4.69) is 19.9 Å². The molecule has 260 valence electrons. The molecule has 48 heavy (non-hydrogen) atoms. The molecule has 0 spiro atoms. The molecular formula is C36H39F6NO5. The van der Waals surface area contributed by atoms with Crippen LogP contribution >= 0.6 is 0 Å². The number of amides is 1. The van der Waals surface area contributed by atoms with Crippen LogP contribution < -0.4 is 4.74 Å². The number of nitrogens with zero attached hydrogens (tertiary/aromatic N) is 1. The van der Waals surface area contributed by atoms with Gasteiger partial charge >= 0.3 is 24.4 Å². The largest absolute Gasteiger partial charge is 0.496 e. The quantitative estimate of drug-likeness (QED) is 0.281. The van der Waals surface area contributed by atoms with Crippen LogP contribution in [-0.4, -0.2) is 41.8 Å². The van der Waals surface area contributed by atoms with E-state index in [0.717, 1.165) is 47.1 Å². The van der Waals surface area contributed by atoms with Gasteiger partial charge in [-0.2, -0.15) is 26.3 Å². The molecule has 12 heteroatoms. The van der Waals surface area contributed by atoms with Gasteiger partial charge in [0.15, 0.2) is 0 Å². The predicted molar refractivity (Wildman–Crippen MR) is 167 cm³/mol. The number of carboxylic acid groups (broad SMARTS) is 1. The van der Waals surface area contributed by atoms with Gasteiger partial charge in [0.25, 0.3) is 0 Å². The van der Waals surface area contributed by atoms with Crippen LogP contribution in [0, 0.1) is 11.3 Å². The monoisotopic (exact) mass is 679 g/mol. The molecule has 0 saturated carbocycles. The second kappa shape index (κ2) is 13.2. The summed E-state index contributed by atoms with van der Waals surface area (Å²) >= 11 is 0. The third-order valence-electron chi connectivity index (χ3n) is 9.74. The van der Waals surface area contributed by atoms with Crippen molar-refractivity contribution in [2.45, 2.75) is 90.2 Å². The lowest BCUT2D eigenvalue weighted by Gasteiger charge is -2.36. The van der Waals surface area contributed by atoms with Gasteiger partial charge in [-0.15, -0.1) is 0 Å². The third-order valence-corrected chi connectivity index (χ3v) is 9.74. The van der Waals surface area contributed by atoms with E-state index in [1.807, 2.05) is 18.2 Å². The van der Waals surface area contributed by atoms with E-state index >= 15 is 0 Å². The summed E-state index contributed by atoms with van der Waals surface area (Å²) in [5.74, 6) is -0.0998. The third kappa shape index (κ3) is 7.68. The lowest BCUT2D eigenvalue weighted by molar-refractivity contribution is -0.143. The molecule has 0 radical (unpaired) electrons. The zero-order valence-electron chi connectivity index (χ0n) is 27.2. The minimum atomic E-state index is -5.03. The van der Waals surface area contributed by atoms with Gasteiger partial charge in [0.05, 0.1) is 24.3 Å². The SMILES string of the molecule is COc1ccc(C2=CCC(CC(=O)O)CC2)cc1C1=C(CN2C(=O)O[C@H](c3cc(C(F)(F)F)cc(C(F)(F)F)c3)[C@@H]2C)CC(C)(C)CC1. The van der Waals surface area contributed by atoms with Crippen LogP contribution in [0.15, 0.2) is 48.0 Å². The second-order valence-electron chi connectivity index (χ2n) is 13.8. The highest BCUT2D eigenvalue weighted by molar-refractivity contribution is 5.80. The lowest BCUT2D eigenvalue weighted by atomic mass is 9.72. The van der Waals surface area contributed by atoms with Crippen molar-refractivity contribution in [1.29, 1.82) is 0 Å². The van der Waals surface area contributed by atoms with E-state index in [-0.39, 0.29) is 35.9 Å². The normalized spacial score (nSPS) is 23.2. The highest BCUT2D eigenvalue weighted by Crippen LogP contribution is 2.47. The van der Waals surface area contributed by atoms with Gasteiger partial charge in [-0.3, -0.25) is 9.69 Å². The molecule has 1 N–H and O–H groups in total. The fourth-order valence-corrected chi connectivity index (χ4v) is 7.12. The number of methoxy groups -OCH3 is 1. The van der Waals surface area contributed by atoms with Crippen LogP contribution in [0.2, 0.25) is 0 Å². The maximum Gasteiger partial charge on any atom is 0.416 e.